The number of carbonyl (C=O) groups is 1. The third-order valence-electron chi connectivity index (χ3n) is 6.18. The number of nitrogens with zero attached hydrogens (tertiary/aromatic N) is 4. The van der Waals surface area contributed by atoms with E-state index in [0.29, 0.717) is 19.3 Å². The van der Waals surface area contributed by atoms with Crippen molar-refractivity contribution < 1.29 is 18.0 Å². The molecule has 2 aliphatic rings. The number of benzene rings is 1. The van der Waals surface area contributed by atoms with Gasteiger partial charge in [0.05, 0.1) is 17.1 Å². The van der Waals surface area contributed by atoms with Gasteiger partial charge in [-0.1, -0.05) is 34.4 Å². The van der Waals surface area contributed by atoms with E-state index in [0.717, 1.165) is 5.56 Å². The zero-order valence-electron chi connectivity index (χ0n) is 18.7. The van der Waals surface area contributed by atoms with Gasteiger partial charge in [0, 0.05) is 56.2 Å². The molecule has 4 rings (SSSR count). The van der Waals surface area contributed by atoms with Crippen LogP contribution < -0.4 is 5.32 Å². The van der Waals surface area contributed by atoms with Crippen LogP contribution in [0.25, 0.3) is 0 Å². The lowest BCUT2D eigenvalue weighted by molar-refractivity contribution is -0.115. The molecule has 1 N–H and O–H groups in total. The quantitative estimate of drug-likeness (QED) is 0.573. The second kappa shape index (κ2) is 10.5. The molecule has 0 aliphatic carbocycles. The SMILES string of the molecule is N#CCCC(NC(=O)C1=NOC2(CCN(S(=O)(=O)c3cc(Cl)ccc3Cl)CC2)C1)c1cccnc1. The number of hydrogen-bond acceptors (Lipinski definition) is 7. The first kappa shape index (κ1) is 25.4. The number of pyridine rings is 1. The average Bonchev–Trinajstić information content (AvgIpc) is 3.27. The lowest BCUT2D eigenvalue weighted by Gasteiger charge is -2.36. The maximum absolute atomic E-state index is 13.1. The van der Waals surface area contributed by atoms with Crippen LogP contribution in [0.5, 0.6) is 0 Å². The van der Waals surface area contributed by atoms with Crippen molar-refractivity contribution in [2.75, 3.05) is 13.1 Å². The van der Waals surface area contributed by atoms with Crippen molar-refractivity contribution in [3.05, 3.63) is 58.3 Å². The Morgan fingerprint density at radius 2 is 2.06 bits per heavy atom. The number of hydrogen-bond donors (Lipinski definition) is 1. The number of sulfonamides is 1. The van der Waals surface area contributed by atoms with Crippen LogP contribution in [0.4, 0.5) is 0 Å². The molecule has 1 unspecified atom stereocenters. The summed E-state index contributed by atoms with van der Waals surface area (Å²) < 4.78 is 27.5. The monoisotopic (exact) mass is 535 g/mol. The van der Waals surface area contributed by atoms with Gasteiger partial charge >= 0.3 is 0 Å². The minimum atomic E-state index is -3.83. The molecule has 3 heterocycles. The molecule has 1 spiro atoms. The Kier molecular flexibility index (Phi) is 7.62. The number of carbonyl (C=O) groups excluding carboxylic acids is 1. The normalized spacial score (nSPS) is 18.4. The standard InChI is InChI=1S/C23H23Cl2N5O4S/c24-17-5-6-18(25)21(13-17)35(32,33)30-11-7-23(8-12-30)14-20(29-34-23)22(31)28-19(4-1-9-26)16-3-2-10-27-15-16/h2-3,5-6,10,13,15,19H,1,4,7-8,11-12,14H2,(H,28,31). The number of halogens is 2. The summed E-state index contributed by atoms with van der Waals surface area (Å²) in [7, 11) is -3.83. The largest absolute Gasteiger partial charge is 0.388 e. The molecule has 1 fully saturated rings. The third-order valence-corrected chi connectivity index (χ3v) is 8.80. The number of oxime groups is 1. The Hall–Kier alpha value is -2.71. The highest BCUT2D eigenvalue weighted by molar-refractivity contribution is 7.89. The van der Waals surface area contributed by atoms with Gasteiger partial charge in [0.25, 0.3) is 5.91 Å². The number of amides is 1. The van der Waals surface area contributed by atoms with E-state index in [4.69, 9.17) is 33.3 Å². The molecule has 0 radical (unpaired) electrons. The Bertz CT molecular complexity index is 1270. The van der Waals surface area contributed by atoms with Gasteiger partial charge in [0.15, 0.2) is 0 Å². The van der Waals surface area contributed by atoms with E-state index in [1.165, 1.54) is 22.5 Å². The lowest BCUT2D eigenvalue weighted by Crippen LogP contribution is -2.47. The summed E-state index contributed by atoms with van der Waals surface area (Å²) in [5.41, 5.74) is 0.293. The second-order valence-corrected chi connectivity index (χ2v) is 11.2. The minimum Gasteiger partial charge on any atom is -0.388 e. The Morgan fingerprint density at radius 3 is 2.74 bits per heavy atom. The molecule has 1 aromatic heterocycles. The van der Waals surface area contributed by atoms with E-state index in [-0.39, 0.29) is 58.5 Å². The van der Waals surface area contributed by atoms with Crippen LogP contribution >= 0.6 is 23.2 Å². The van der Waals surface area contributed by atoms with E-state index in [2.05, 4.69) is 21.5 Å². The van der Waals surface area contributed by atoms with Gasteiger partial charge in [-0.25, -0.2) is 8.42 Å². The molecule has 35 heavy (non-hydrogen) atoms. The zero-order valence-corrected chi connectivity index (χ0v) is 21.0. The maximum atomic E-state index is 13.1. The molecule has 1 saturated heterocycles. The topological polar surface area (TPSA) is 125 Å². The molecule has 1 atom stereocenters. The molecule has 12 heteroatoms. The highest BCUT2D eigenvalue weighted by atomic mass is 35.5. The third kappa shape index (κ3) is 5.59. The maximum Gasteiger partial charge on any atom is 0.269 e. The number of aromatic nitrogens is 1. The van der Waals surface area contributed by atoms with Crippen LogP contribution in [0.15, 0.2) is 52.8 Å². The van der Waals surface area contributed by atoms with E-state index in [9.17, 15) is 13.2 Å². The summed E-state index contributed by atoms with van der Waals surface area (Å²) in [5.74, 6) is -0.380. The number of rotatable bonds is 7. The first-order valence-electron chi connectivity index (χ1n) is 11.0. The number of nitriles is 1. The molecular weight excluding hydrogens is 513 g/mol. The van der Waals surface area contributed by atoms with Crippen molar-refractivity contribution in [3.63, 3.8) is 0 Å². The summed E-state index contributed by atoms with van der Waals surface area (Å²) in [6, 6.07) is 9.64. The van der Waals surface area contributed by atoms with Crippen LogP contribution in [-0.4, -0.2) is 48.0 Å². The predicted molar refractivity (Wildman–Crippen MR) is 130 cm³/mol. The number of piperidine rings is 1. The Morgan fingerprint density at radius 1 is 1.29 bits per heavy atom. The molecule has 1 amide bonds. The van der Waals surface area contributed by atoms with E-state index >= 15 is 0 Å². The van der Waals surface area contributed by atoms with E-state index in [1.54, 1.807) is 18.5 Å². The highest BCUT2D eigenvalue weighted by Crippen LogP contribution is 2.37. The van der Waals surface area contributed by atoms with E-state index < -0.39 is 15.6 Å². The van der Waals surface area contributed by atoms with Crippen LogP contribution in [0, 0.1) is 11.3 Å². The van der Waals surface area contributed by atoms with Crippen molar-refractivity contribution in [1.29, 1.82) is 5.26 Å². The zero-order chi connectivity index (χ0) is 25.1. The average molecular weight is 536 g/mol. The predicted octanol–water partition coefficient (Wildman–Crippen LogP) is 3.85. The summed E-state index contributed by atoms with van der Waals surface area (Å²) in [6.07, 6.45) is 5.00. The Labute approximate surface area is 213 Å². The molecular formula is C23H23Cl2N5O4S. The van der Waals surface area contributed by atoms with Gasteiger partial charge in [-0.2, -0.15) is 9.57 Å². The molecule has 184 valence electrons. The Balaban J connectivity index is 1.39. The summed E-state index contributed by atoms with van der Waals surface area (Å²) in [4.78, 5) is 22.7. The van der Waals surface area contributed by atoms with Crippen LogP contribution in [0.1, 0.15) is 43.7 Å². The fourth-order valence-electron chi connectivity index (χ4n) is 4.21. The lowest BCUT2D eigenvalue weighted by atomic mass is 9.87. The van der Waals surface area contributed by atoms with E-state index in [1.807, 2.05) is 6.07 Å². The van der Waals surface area contributed by atoms with Crippen molar-refractivity contribution >= 4 is 44.8 Å². The highest BCUT2D eigenvalue weighted by Gasteiger charge is 2.46. The van der Waals surface area contributed by atoms with Crippen molar-refractivity contribution in [2.24, 2.45) is 5.16 Å². The summed E-state index contributed by atoms with van der Waals surface area (Å²) >= 11 is 12.1. The van der Waals surface area contributed by atoms with Crippen molar-refractivity contribution in [2.45, 2.75) is 48.6 Å². The number of nitrogens with one attached hydrogen (secondary N) is 1. The molecule has 2 aromatic rings. The van der Waals surface area contributed by atoms with Gasteiger partial charge in [-0.05, 0) is 36.2 Å². The van der Waals surface area contributed by atoms with Crippen LogP contribution in [-0.2, 0) is 19.7 Å². The van der Waals surface area contributed by atoms with Gasteiger partial charge in [-0.15, -0.1) is 0 Å². The molecule has 2 aliphatic heterocycles. The first-order chi connectivity index (χ1) is 16.7. The molecule has 9 nitrogen and oxygen atoms in total. The minimum absolute atomic E-state index is 0.0370. The molecule has 1 aromatic carbocycles. The fraction of sp³-hybridized carbons (Fsp3) is 0.391. The molecule has 0 saturated carbocycles. The fourth-order valence-corrected chi connectivity index (χ4v) is 6.39. The summed E-state index contributed by atoms with van der Waals surface area (Å²) in [5, 5.41) is 16.3. The second-order valence-electron chi connectivity index (χ2n) is 8.48. The van der Waals surface area contributed by atoms with Gasteiger partial charge in [0.1, 0.15) is 16.2 Å². The van der Waals surface area contributed by atoms with Gasteiger partial charge < -0.3 is 10.2 Å². The smallest absolute Gasteiger partial charge is 0.269 e. The van der Waals surface area contributed by atoms with Crippen molar-refractivity contribution in [3.8, 4) is 6.07 Å². The van der Waals surface area contributed by atoms with Crippen molar-refractivity contribution in [1.82, 2.24) is 14.6 Å². The molecule has 0 bridgehead atoms. The summed E-state index contributed by atoms with van der Waals surface area (Å²) in [6.45, 7) is 0.381. The van der Waals surface area contributed by atoms with Crippen LogP contribution in [0.2, 0.25) is 10.0 Å². The van der Waals surface area contributed by atoms with Gasteiger partial charge in [-0.3, -0.25) is 9.78 Å². The van der Waals surface area contributed by atoms with Gasteiger partial charge in [0.2, 0.25) is 10.0 Å². The first-order valence-corrected chi connectivity index (χ1v) is 13.2. The van der Waals surface area contributed by atoms with Crippen LogP contribution in [0.3, 0.4) is 0 Å².